The summed E-state index contributed by atoms with van der Waals surface area (Å²) in [6, 6.07) is 18.3. The highest BCUT2D eigenvalue weighted by Crippen LogP contribution is 2.29. The van der Waals surface area contributed by atoms with Gasteiger partial charge in [0.2, 0.25) is 5.91 Å². The molecule has 2 aromatic rings. The molecule has 1 aliphatic heterocycles. The molecule has 0 aromatic heterocycles. The maximum atomic E-state index is 12.0. The zero-order chi connectivity index (χ0) is 16.6. The highest BCUT2D eigenvalue weighted by atomic mass is 35.5. The monoisotopic (exact) mass is 360 g/mol. The smallest absolute Gasteiger partial charge is 0.223 e. The van der Waals surface area contributed by atoms with Crippen molar-refractivity contribution in [2.75, 3.05) is 19.7 Å². The van der Waals surface area contributed by atoms with Crippen LogP contribution < -0.4 is 15.4 Å². The summed E-state index contributed by atoms with van der Waals surface area (Å²) in [5.41, 5.74) is 2.17. The Balaban J connectivity index is 0.00000225. The van der Waals surface area contributed by atoms with E-state index in [1.165, 1.54) is 0 Å². The minimum Gasteiger partial charge on any atom is -0.492 e. The van der Waals surface area contributed by atoms with Crippen LogP contribution in [0.25, 0.3) is 11.1 Å². The number of amides is 1. The Morgan fingerprint density at radius 1 is 1.12 bits per heavy atom. The molecule has 5 heteroatoms. The fraction of sp³-hybridized carbons (Fsp3) is 0.350. The number of carbonyl (C=O) groups is 1. The van der Waals surface area contributed by atoms with E-state index in [0.29, 0.717) is 13.0 Å². The number of hydrogen-bond donors (Lipinski definition) is 2. The minimum atomic E-state index is 0. The molecule has 1 saturated heterocycles. The number of para-hydroxylation sites is 1. The predicted octanol–water partition coefficient (Wildman–Crippen LogP) is 3.41. The molecule has 134 valence electrons. The van der Waals surface area contributed by atoms with E-state index in [0.717, 1.165) is 42.8 Å². The number of carbonyl (C=O) groups excluding carboxylic acids is 1. The normalized spacial score (nSPS) is 16.6. The van der Waals surface area contributed by atoms with E-state index in [4.69, 9.17) is 4.74 Å². The Morgan fingerprint density at radius 2 is 1.88 bits per heavy atom. The molecule has 3 rings (SSSR count). The predicted molar refractivity (Wildman–Crippen MR) is 103 cm³/mol. The lowest BCUT2D eigenvalue weighted by atomic mass is 10.1. The zero-order valence-electron chi connectivity index (χ0n) is 14.2. The minimum absolute atomic E-state index is 0. The van der Waals surface area contributed by atoms with Crippen molar-refractivity contribution in [1.29, 1.82) is 0 Å². The zero-order valence-corrected chi connectivity index (χ0v) is 15.1. The quantitative estimate of drug-likeness (QED) is 0.830. The van der Waals surface area contributed by atoms with Gasteiger partial charge in [0.05, 0.1) is 13.0 Å². The summed E-state index contributed by atoms with van der Waals surface area (Å²) in [6.45, 7) is 2.30. The topological polar surface area (TPSA) is 50.4 Å². The first kappa shape index (κ1) is 19.3. The van der Waals surface area contributed by atoms with Crippen molar-refractivity contribution in [3.05, 3.63) is 54.6 Å². The second-order valence-electron chi connectivity index (χ2n) is 6.07. The van der Waals surface area contributed by atoms with Crippen LogP contribution in [0.2, 0.25) is 0 Å². The molecule has 0 saturated carbocycles. The molecule has 25 heavy (non-hydrogen) atoms. The molecular weight excluding hydrogens is 336 g/mol. The van der Waals surface area contributed by atoms with Gasteiger partial charge in [0, 0.05) is 18.2 Å². The number of halogens is 1. The summed E-state index contributed by atoms with van der Waals surface area (Å²) in [7, 11) is 0. The Morgan fingerprint density at radius 3 is 2.64 bits per heavy atom. The van der Waals surface area contributed by atoms with Crippen LogP contribution in [0.1, 0.15) is 19.3 Å². The number of piperidine rings is 1. The van der Waals surface area contributed by atoms with Crippen LogP contribution in [0.3, 0.4) is 0 Å². The van der Waals surface area contributed by atoms with E-state index in [-0.39, 0.29) is 24.4 Å². The van der Waals surface area contributed by atoms with Gasteiger partial charge in [-0.2, -0.15) is 0 Å². The first-order valence-electron chi connectivity index (χ1n) is 8.60. The molecular formula is C20H25ClN2O2. The van der Waals surface area contributed by atoms with Gasteiger partial charge in [-0.25, -0.2) is 0 Å². The van der Waals surface area contributed by atoms with Gasteiger partial charge in [-0.05, 0) is 31.0 Å². The second-order valence-corrected chi connectivity index (χ2v) is 6.07. The lowest BCUT2D eigenvalue weighted by molar-refractivity contribution is -0.122. The van der Waals surface area contributed by atoms with Gasteiger partial charge in [-0.15, -0.1) is 12.4 Å². The fourth-order valence-corrected chi connectivity index (χ4v) is 2.98. The van der Waals surface area contributed by atoms with E-state index >= 15 is 0 Å². The van der Waals surface area contributed by atoms with Crippen LogP contribution in [0.15, 0.2) is 54.6 Å². The van der Waals surface area contributed by atoms with Gasteiger partial charge in [0.25, 0.3) is 0 Å². The van der Waals surface area contributed by atoms with Gasteiger partial charge in [-0.3, -0.25) is 4.79 Å². The van der Waals surface area contributed by atoms with Gasteiger partial charge < -0.3 is 15.4 Å². The SMILES string of the molecule is Cl.O=C(CCOc1ccccc1-c1ccccc1)NC1CCCNC1. The van der Waals surface area contributed by atoms with Crippen LogP contribution in [-0.4, -0.2) is 31.6 Å². The molecule has 1 heterocycles. The summed E-state index contributed by atoms with van der Waals surface area (Å²) >= 11 is 0. The Hall–Kier alpha value is -2.04. The van der Waals surface area contributed by atoms with E-state index in [1.807, 2.05) is 42.5 Å². The highest BCUT2D eigenvalue weighted by Gasteiger charge is 2.15. The Kier molecular flexibility index (Phi) is 7.76. The third-order valence-electron chi connectivity index (χ3n) is 4.22. The Labute approximate surface area is 155 Å². The summed E-state index contributed by atoms with van der Waals surface area (Å²) < 4.78 is 5.87. The summed E-state index contributed by atoms with van der Waals surface area (Å²) in [4.78, 5) is 12.0. The van der Waals surface area contributed by atoms with E-state index in [9.17, 15) is 4.79 Å². The van der Waals surface area contributed by atoms with E-state index < -0.39 is 0 Å². The highest BCUT2D eigenvalue weighted by molar-refractivity contribution is 5.85. The van der Waals surface area contributed by atoms with Crippen LogP contribution in [0, 0.1) is 0 Å². The molecule has 1 atom stereocenters. The maximum Gasteiger partial charge on any atom is 0.223 e. The van der Waals surface area contributed by atoms with Crippen molar-refractivity contribution >= 4 is 18.3 Å². The molecule has 1 amide bonds. The lowest BCUT2D eigenvalue weighted by Gasteiger charge is -2.23. The molecule has 0 spiro atoms. The molecule has 1 fully saturated rings. The molecule has 1 aliphatic rings. The average Bonchev–Trinajstić information content (AvgIpc) is 2.64. The maximum absolute atomic E-state index is 12.0. The standard InChI is InChI=1S/C20H24N2O2.ClH/c23-20(22-17-9-6-13-21-15-17)12-14-24-19-11-5-4-10-18(19)16-7-2-1-3-8-16;/h1-5,7-8,10-11,17,21H,6,9,12-15H2,(H,22,23);1H. The van der Waals surface area contributed by atoms with Gasteiger partial charge in [0.15, 0.2) is 0 Å². The molecule has 1 unspecified atom stereocenters. The van der Waals surface area contributed by atoms with Crippen molar-refractivity contribution in [2.24, 2.45) is 0 Å². The van der Waals surface area contributed by atoms with Gasteiger partial charge >= 0.3 is 0 Å². The van der Waals surface area contributed by atoms with Crippen molar-refractivity contribution in [2.45, 2.75) is 25.3 Å². The van der Waals surface area contributed by atoms with Crippen LogP contribution in [0.4, 0.5) is 0 Å². The van der Waals surface area contributed by atoms with Crippen LogP contribution in [0.5, 0.6) is 5.75 Å². The van der Waals surface area contributed by atoms with Crippen molar-refractivity contribution in [3.8, 4) is 16.9 Å². The van der Waals surface area contributed by atoms with Crippen LogP contribution in [-0.2, 0) is 4.79 Å². The average molecular weight is 361 g/mol. The summed E-state index contributed by atoms with van der Waals surface area (Å²) in [6.07, 6.45) is 2.54. The third kappa shape index (κ3) is 5.76. The second kappa shape index (κ2) is 10.1. The molecule has 0 bridgehead atoms. The van der Waals surface area contributed by atoms with E-state index in [2.05, 4.69) is 22.8 Å². The number of ether oxygens (including phenoxy) is 1. The van der Waals surface area contributed by atoms with Gasteiger partial charge in [-0.1, -0.05) is 48.5 Å². The molecule has 2 N–H and O–H groups in total. The van der Waals surface area contributed by atoms with Crippen molar-refractivity contribution < 1.29 is 9.53 Å². The first-order valence-corrected chi connectivity index (χ1v) is 8.60. The summed E-state index contributed by atoms with van der Waals surface area (Å²) in [5, 5.41) is 6.37. The van der Waals surface area contributed by atoms with Crippen molar-refractivity contribution in [3.63, 3.8) is 0 Å². The Bertz CT molecular complexity index is 658. The van der Waals surface area contributed by atoms with Crippen LogP contribution >= 0.6 is 12.4 Å². The number of rotatable bonds is 6. The molecule has 2 aromatic carbocycles. The number of benzene rings is 2. The number of hydrogen-bond acceptors (Lipinski definition) is 3. The molecule has 0 radical (unpaired) electrons. The van der Waals surface area contributed by atoms with Crippen molar-refractivity contribution in [1.82, 2.24) is 10.6 Å². The summed E-state index contributed by atoms with van der Waals surface area (Å²) in [5.74, 6) is 0.872. The molecule has 0 aliphatic carbocycles. The molecule has 4 nitrogen and oxygen atoms in total. The lowest BCUT2D eigenvalue weighted by Crippen LogP contribution is -2.45. The van der Waals surface area contributed by atoms with Gasteiger partial charge in [0.1, 0.15) is 5.75 Å². The number of nitrogens with one attached hydrogen (secondary N) is 2. The fourth-order valence-electron chi connectivity index (χ4n) is 2.98. The first-order chi connectivity index (χ1) is 11.8. The third-order valence-corrected chi connectivity index (χ3v) is 4.22. The largest absolute Gasteiger partial charge is 0.492 e. The van der Waals surface area contributed by atoms with E-state index in [1.54, 1.807) is 0 Å².